The second-order valence-electron chi connectivity index (χ2n) is 7.21. The van der Waals surface area contributed by atoms with Gasteiger partial charge in [0.2, 0.25) is 0 Å². The number of amides is 3. The van der Waals surface area contributed by atoms with E-state index in [1.165, 1.54) is 0 Å². The molecule has 7 nitrogen and oxygen atoms in total. The summed E-state index contributed by atoms with van der Waals surface area (Å²) >= 11 is 0. The molecule has 0 spiro atoms. The van der Waals surface area contributed by atoms with Crippen molar-refractivity contribution < 1.29 is 14.3 Å². The highest BCUT2D eigenvalue weighted by Gasteiger charge is 2.13. The molecule has 3 N–H and O–H groups in total. The standard InChI is InChI=1S/C24H26N4O3/c1-17(2)31-22-9-4-3-8-21(22)23(29)26-16-19-6-5-7-20(14-19)28-24(30)27-15-18-10-12-25-13-11-18/h3-14,17H,15-16H2,1-2H3,(H,26,29)(H2,27,28,30). The molecule has 0 aliphatic carbocycles. The van der Waals surface area contributed by atoms with Gasteiger partial charge in [-0.1, -0.05) is 24.3 Å². The predicted octanol–water partition coefficient (Wildman–Crippen LogP) is 4.12. The molecule has 0 unspecified atom stereocenters. The molecule has 0 radical (unpaired) electrons. The Morgan fingerprint density at radius 3 is 2.42 bits per heavy atom. The molecule has 0 aliphatic rings. The molecule has 0 saturated carbocycles. The lowest BCUT2D eigenvalue weighted by Gasteiger charge is -2.14. The van der Waals surface area contributed by atoms with E-state index in [1.807, 2.05) is 50.2 Å². The van der Waals surface area contributed by atoms with Crippen LogP contribution in [0.3, 0.4) is 0 Å². The minimum Gasteiger partial charge on any atom is -0.490 e. The van der Waals surface area contributed by atoms with Gasteiger partial charge in [0.1, 0.15) is 5.75 Å². The van der Waals surface area contributed by atoms with Gasteiger partial charge in [-0.25, -0.2) is 4.79 Å². The van der Waals surface area contributed by atoms with Crippen LogP contribution in [0.1, 0.15) is 35.3 Å². The quantitative estimate of drug-likeness (QED) is 0.513. The van der Waals surface area contributed by atoms with Gasteiger partial charge in [-0.15, -0.1) is 0 Å². The van der Waals surface area contributed by atoms with Crippen molar-refractivity contribution in [1.82, 2.24) is 15.6 Å². The summed E-state index contributed by atoms with van der Waals surface area (Å²) in [4.78, 5) is 28.7. The normalized spacial score (nSPS) is 10.4. The largest absolute Gasteiger partial charge is 0.490 e. The Balaban J connectivity index is 1.55. The molecule has 1 aromatic heterocycles. The van der Waals surface area contributed by atoms with E-state index in [-0.39, 0.29) is 18.0 Å². The Bertz CT molecular complexity index is 1020. The first-order chi connectivity index (χ1) is 15.0. The molecule has 1 heterocycles. The molecule has 0 fully saturated rings. The van der Waals surface area contributed by atoms with Gasteiger partial charge in [-0.05, 0) is 61.4 Å². The van der Waals surface area contributed by atoms with Crippen molar-refractivity contribution in [2.45, 2.75) is 33.0 Å². The van der Waals surface area contributed by atoms with Crippen LogP contribution < -0.4 is 20.7 Å². The van der Waals surface area contributed by atoms with Crippen molar-refractivity contribution in [3.05, 3.63) is 89.7 Å². The van der Waals surface area contributed by atoms with Crippen molar-refractivity contribution in [2.75, 3.05) is 5.32 Å². The average molecular weight is 418 g/mol. The summed E-state index contributed by atoms with van der Waals surface area (Å²) in [5.74, 6) is 0.334. The Labute approximate surface area is 181 Å². The predicted molar refractivity (Wildman–Crippen MR) is 120 cm³/mol. The van der Waals surface area contributed by atoms with Gasteiger partial charge in [0.05, 0.1) is 11.7 Å². The molecule has 3 rings (SSSR count). The lowest BCUT2D eigenvalue weighted by Crippen LogP contribution is -2.28. The molecule has 3 amide bonds. The zero-order chi connectivity index (χ0) is 22.1. The van der Waals surface area contributed by atoms with Crippen LogP contribution in [0.4, 0.5) is 10.5 Å². The third kappa shape index (κ3) is 6.85. The summed E-state index contributed by atoms with van der Waals surface area (Å²) < 4.78 is 5.72. The Morgan fingerprint density at radius 2 is 1.65 bits per heavy atom. The minimum absolute atomic E-state index is 0.0265. The number of carbonyl (C=O) groups is 2. The fourth-order valence-corrected chi connectivity index (χ4v) is 2.91. The molecule has 160 valence electrons. The lowest BCUT2D eigenvalue weighted by atomic mass is 10.1. The van der Waals surface area contributed by atoms with Crippen molar-refractivity contribution in [2.24, 2.45) is 0 Å². The molecule has 2 aromatic carbocycles. The second kappa shape index (κ2) is 10.8. The topological polar surface area (TPSA) is 92.4 Å². The van der Waals surface area contributed by atoms with Crippen molar-refractivity contribution in [3.8, 4) is 5.75 Å². The van der Waals surface area contributed by atoms with Crippen LogP contribution in [0, 0.1) is 0 Å². The van der Waals surface area contributed by atoms with E-state index in [0.29, 0.717) is 30.1 Å². The fourth-order valence-electron chi connectivity index (χ4n) is 2.91. The maximum Gasteiger partial charge on any atom is 0.319 e. The number of rotatable bonds is 8. The molecule has 0 aliphatic heterocycles. The van der Waals surface area contributed by atoms with Crippen molar-refractivity contribution >= 4 is 17.6 Å². The van der Waals surface area contributed by atoms with E-state index in [1.54, 1.807) is 36.7 Å². The summed E-state index contributed by atoms with van der Waals surface area (Å²) in [6.45, 7) is 4.56. The van der Waals surface area contributed by atoms with Crippen LogP contribution in [0.2, 0.25) is 0 Å². The molecule has 7 heteroatoms. The average Bonchev–Trinajstić information content (AvgIpc) is 2.77. The van der Waals surface area contributed by atoms with Gasteiger partial charge < -0.3 is 20.7 Å². The number of anilines is 1. The van der Waals surface area contributed by atoms with Crippen LogP contribution in [0.5, 0.6) is 5.75 Å². The summed E-state index contributed by atoms with van der Waals surface area (Å²) in [5.41, 5.74) is 2.95. The van der Waals surface area contributed by atoms with Crippen LogP contribution >= 0.6 is 0 Å². The number of carbonyl (C=O) groups excluding carboxylic acids is 2. The number of para-hydroxylation sites is 1. The first-order valence-electron chi connectivity index (χ1n) is 10.1. The summed E-state index contributed by atoms with van der Waals surface area (Å²) in [6.07, 6.45) is 3.33. The molecular formula is C24H26N4O3. The molecule has 31 heavy (non-hydrogen) atoms. The highest BCUT2D eigenvalue weighted by atomic mass is 16.5. The summed E-state index contributed by atoms with van der Waals surface area (Å²) in [6, 6.07) is 17.9. The van der Waals surface area contributed by atoms with E-state index in [4.69, 9.17) is 4.74 Å². The Hall–Kier alpha value is -3.87. The first kappa shape index (κ1) is 21.8. The molecule has 0 bridgehead atoms. The van der Waals surface area contributed by atoms with Crippen LogP contribution in [0.15, 0.2) is 73.1 Å². The van der Waals surface area contributed by atoms with Gasteiger partial charge >= 0.3 is 6.03 Å². The second-order valence-corrected chi connectivity index (χ2v) is 7.21. The van der Waals surface area contributed by atoms with E-state index in [2.05, 4.69) is 20.9 Å². The van der Waals surface area contributed by atoms with E-state index in [9.17, 15) is 9.59 Å². The Kier molecular flexibility index (Phi) is 7.59. The van der Waals surface area contributed by atoms with E-state index < -0.39 is 0 Å². The van der Waals surface area contributed by atoms with Gasteiger partial charge in [0, 0.05) is 31.2 Å². The maximum atomic E-state index is 12.6. The number of hydrogen-bond acceptors (Lipinski definition) is 4. The van der Waals surface area contributed by atoms with Crippen LogP contribution in [0.25, 0.3) is 0 Å². The minimum atomic E-state index is -0.308. The number of benzene rings is 2. The van der Waals surface area contributed by atoms with E-state index in [0.717, 1.165) is 11.1 Å². The van der Waals surface area contributed by atoms with Gasteiger partial charge in [-0.3, -0.25) is 9.78 Å². The maximum absolute atomic E-state index is 12.6. The zero-order valence-electron chi connectivity index (χ0n) is 17.6. The van der Waals surface area contributed by atoms with Crippen molar-refractivity contribution in [3.63, 3.8) is 0 Å². The van der Waals surface area contributed by atoms with Crippen molar-refractivity contribution in [1.29, 1.82) is 0 Å². The number of urea groups is 1. The number of nitrogens with zero attached hydrogens (tertiary/aromatic N) is 1. The fraction of sp³-hybridized carbons (Fsp3) is 0.208. The monoisotopic (exact) mass is 418 g/mol. The van der Waals surface area contributed by atoms with E-state index >= 15 is 0 Å². The van der Waals surface area contributed by atoms with Gasteiger partial charge in [0.25, 0.3) is 5.91 Å². The molecule has 0 saturated heterocycles. The zero-order valence-corrected chi connectivity index (χ0v) is 17.6. The number of hydrogen-bond donors (Lipinski definition) is 3. The lowest BCUT2D eigenvalue weighted by molar-refractivity contribution is 0.0945. The smallest absolute Gasteiger partial charge is 0.319 e. The number of nitrogens with one attached hydrogen (secondary N) is 3. The highest BCUT2D eigenvalue weighted by molar-refractivity contribution is 5.96. The Morgan fingerprint density at radius 1 is 0.903 bits per heavy atom. The number of aromatic nitrogens is 1. The third-order valence-electron chi connectivity index (χ3n) is 4.33. The SMILES string of the molecule is CC(C)Oc1ccccc1C(=O)NCc1cccc(NC(=O)NCc2ccncc2)c1. The number of pyridine rings is 1. The first-order valence-corrected chi connectivity index (χ1v) is 10.1. The van der Waals surface area contributed by atoms with Crippen LogP contribution in [-0.4, -0.2) is 23.0 Å². The van der Waals surface area contributed by atoms with Gasteiger partial charge in [0.15, 0.2) is 0 Å². The highest BCUT2D eigenvalue weighted by Crippen LogP contribution is 2.19. The molecular weight excluding hydrogens is 392 g/mol. The van der Waals surface area contributed by atoms with Crippen LogP contribution in [-0.2, 0) is 13.1 Å². The third-order valence-corrected chi connectivity index (χ3v) is 4.33. The summed E-state index contributed by atoms with van der Waals surface area (Å²) in [5, 5.41) is 8.51. The molecule has 0 atom stereocenters. The number of ether oxygens (including phenoxy) is 1. The summed E-state index contributed by atoms with van der Waals surface area (Å²) in [7, 11) is 0. The molecule has 3 aromatic rings. The van der Waals surface area contributed by atoms with Gasteiger partial charge in [-0.2, -0.15) is 0 Å².